The van der Waals surface area contributed by atoms with Gasteiger partial charge in [0.15, 0.2) is 0 Å². The van der Waals surface area contributed by atoms with Crippen molar-refractivity contribution in [3.63, 3.8) is 0 Å². The summed E-state index contributed by atoms with van der Waals surface area (Å²) in [5.41, 5.74) is -0.102. The highest BCUT2D eigenvalue weighted by Crippen LogP contribution is 2.19. The molecule has 82 valence electrons. The molecule has 0 aromatic carbocycles. The second-order valence-electron chi connectivity index (χ2n) is 4.87. The van der Waals surface area contributed by atoms with Crippen molar-refractivity contribution in [1.82, 2.24) is 0 Å². The van der Waals surface area contributed by atoms with Crippen LogP contribution in [0, 0.1) is 16.7 Å². The van der Waals surface area contributed by atoms with Gasteiger partial charge in [-0.3, -0.25) is 0 Å². The number of hydrogen-bond acceptors (Lipinski definition) is 1. The third-order valence-electron chi connectivity index (χ3n) is 2.68. The van der Waals surface area contributed by atoms with Crippen molar-refractivity contribution in [3.8, 4) is 6.07 Å². The van der Waals surface area contributed by atoms with Gasteiger partial charge in [0.05, 0.1) is 11.5 Å². The van der Waals surface area contributed by atoms with Crippen molar-refractivity contribution < 1.29 is 0 Å². The van der Waals surface area contributed by atoms with E-state index in [-0.39, 0.29) is 5.41 Å². The molecule has 1 saturated carbocycles. The van der Waals surface area contributed by atoms with Crippen LogP contribution in [0.4, 0.5) is 0 Å². The maximum absolute atomic E-state index is 8.48. The first kappa shape index (κ1) is 13.5. The minimum atomic E-state index is -0.102. The van der Waals surface area contributed by atoms with Crippen LogP contribution in [-0.2, 0) is 0 Å². The standard InChI is InChI=1S/C7H13N.C6H12/c1-4-5-7(2,3)6-8;1-2-4-6-5-3-1/h4-5H2,1-3H3;1-6H2. The molecule has 0 atom stereocenters. The van der Waals surface area contributed by atoms with Gasteiger partial charge in [-0.1, -0.05) is 51.9 Å². The van der Waals surface area contributed by atoms with Gasteiger partial charge in [-0.15, -0.1) is 0 Å². The fraction of sp³-hybridized carbons (Fsp3) is 0.923. The minimum absolute atomic E-state index is 0.102. The zero-order valence-corrected chi connectivity index (χ0v) is 10.1. The van der Waals surface area contributed by atoms with E-state index in [2.05, 4.69) is 13.0 Å². The van der Waals surface area contributed by atoms with Crippen molar-refractivity contribution in [2.45, 2.75) is 72.1 Å². The number of nitriles is 1. The Hall–Kier alpha value is -0.510. The van der Waals surface area contributed by atoms with Gasteiger partial charge in [0, 0.05) is 0 Å². The smallest absolute Gasteiger partial charge is 0.0683 e. The first-order valence-electron chi connectivity index (χ1n) is 6.03. The molecule has 1 rings (SSSR count). The third-order valence-corrected chi connectivity index (χ3v) is 2.68. The molecule has 1 nitrogen and oxygen atoms in total. The van der Waals surface area contributed by atoms with Crippen LogP contribution in [0.1, 0.15) is 72.1 Å². The summed E-state index contributed by atoms with van der Waals surface area (Å²) in [6.07, 6.45) is 11.1. The molecule has 0 radical (unpaired) electrons. The van der Waals surface area contributed by atoms with Crippen molar-refractivity contribution in [2.24, 2.45) is 5.41 Å². The highest BCUT2D eigenvalue weighted by atomic mass is 14.3. The molecule has 1 aliphatic rings. The maximum atomic E-state index is 8.48. The summed E-state index contributed by atoms with van der Waals surface area (Å²) in [6, 6.07) is 2.24. The monoisotopic (exact) mass is 195 g/mol. The zero-order chi connectivity index (χ0) is 10.9. The zero-order valence-electron chi connectivity index (χ0n) is 10.1. The van der Waals surface area contributed by atoms with E-state index in [9.17, 15) is 0 Å². The Labute approximate surface area is 89.5 Å². The number of rotatable bonds is 2. The maximum Gasteiger partial charge on any atom is 0.0683 e. The van der Waals surface area contributed by atoms with Gasteiger partial charge in [0.2, 0.25) is 0 Å². The lowest BCUT2D eigenvalue weighted by Crippen LogP contribution is -2.05. The van der Waals surface area contributed by atoms with Crippen LogP contribution in [0.15, 0.2) is 0 Å². The fourth-order valence-electron chi connectivity index (χ4n) is 1.74. The molecule has 1 fully saturated rings. The summed E-state index contributed by atoms with van der Waals surface area (Å²) in [4.78, 5) is 0. The molecule has 0 spiro atoms. The van der Waals surface area contributed by atoms with Crippen LogP contribution < -0.4 is 0 Å². The highest BCUT2D eigenvalue weighted by Gasteiger charge is 2.13. The Morgan fingerprint density at radius 2 is 1.36 bits per heavy atom. The topological polar surface area (TPSA) is 23.8 Å². The van der Waals surface area contributed by atoms with Gasteiger partial charge in [-0.05, 0) is 20.3 Å². The molecule has 0 heterocycles. The van der Waals surface area contributed by atoms with E-state index in [1.807, 2.05) is 13.8 Å². The Bertz CT molecular complexity index is 149. The summed E-state index contributed by atoms with van der Waals surface area (Å²) >= 11 is 0. The minimum Gasteiger partial charge on any atom is -0.198 e. The van der Waals surface area contributed by atoms with Crippen LogP contribution >= 0.6 is 0 Å². The van der Waals surface area contributed by atoms with Crippen LogP contribution in [0.25, 0.3) is 0 Å². The Kier molecular flexibility index (Phi) is 7.57. The quantitative estimate of drug-likeness (QED) is 0.627. The Morgan fingerprint density at radius 1 is 1.00 bits per heavy atom. The van der Waals surface area contributed by atoms with Gasteiger partial charge in [-0.25, -0.2) is 0 Å². The van der Waals surface area contributed by atoms with E-state index in [0.29, 0.717) is 0 Å². The normalized spacial score (nSPS) is 16.4. The fourth-order valence-corrected chi connectivity index (χ4v) is 1.74. The lowest BCUT2D eigenvalue weighted by molar-refractivity contribution is 0.446. The third kappa shape index (κ3) is 8.10. The second kappa shape index (κ2) is 7.85. The number of nitrogens with zero attached hydrogens (tertiary/aromatic N) is 1. The summed E-state index contributed by atoms with van der Waals surface area (Å²) in [5, 5.41) is 8.48. The van der Waals surface area contributed by atoms with Crippen molar-refractivity contribution in [3.05, 3.63) is 0 Å². The second-order valence-corrected chi connectivity index (χ2v) is 4.87. The molecule has 0 amide bonds. The first-order valence-corrected chi connectivity index (χ1v) is 6.03. The molecule has 0 aromatic heterocycles. The van der Waals surface area contributed by atoms with E-state index >= 15 is 0 Å². The van der Waals surface area contributed by atoms with Crippen LogP contribution in [0.2, 0.25) is 0 Å². The van der Waals surface area contributed by atoms with Crippen LogP contribution in [0.5, 0.6) is 0 Å². The molecule has 0 unspecified atom stereocenters. The van der Waals surface area contributed by atoms with E-state index in [0.717, 1.165) is 12.8 Å². The number of hydrogen-bond donors (Lipinski definition) is 0. The van der Waals surface area contributed by atoms with E-state index < -0.39 is 0 Å². The molecular formula is C13H25N. The molecule has 1 aliphatic carbocycles. The van der Waals surface area contributed by atoms with Gasteiger partial charge < -0.3 is 0 Å². The summed E-state index contributed by atoms with van der Waals surface area (Å²) in [5.74, 6) is 0. The van der Waals surface area contributed by atoms with E-state index in [1.165, 1.54) is 38.5 Å². The largest absolute Gasteiger partial charge is 0.198 e. The lowest BCUT2D eigenvalue weighted by Gasteiger charge is -2.11. The predicted molar refractivity (Wildman–Crippen MR) is 62.0 cm³/mol. The van der Waals surface area contributed by atoms with Crippen LogP contribution in [0.3, 0.4) is 0 Å². The molecule has 0 aliphatic heterocycles. The molecule has 0 saturated heterocycles. The Balaban J connectivity index is 0.000000249. The molecule has 0 aromatic rings. The first-order chi connectivity index (χ1) is 6.62. The summed E-state index contributed by atoms with van der Waals surface area (Å²) in [7, 11) is 0. The Morgan fingerprint density at radius 3 is 1.50 bits per heavy atom. The van der Waals surface area contributed by atoms with Crippen molar-refractivity contribution >= 4 is 0 Å². The van der Waals surface area contributed by atoms with Gasteiger partial charge >= 0.3 is 0 Å². The van der Waals surface area contributed by atoms with Gasteiger partial charge in [0.25, 0.3) is 0 Å². The van der Waals surface area contributed by atoms with E-state index in [1.54, 1.807) is 0 Å². The molecule has 14 heavy (non-hydrogen) atoms. The SMILES string of the molecule is C1CCCCC1.CCCC(C)(C)C#N. The molecule has 0 bridgehead atoms. The average Bonchev–Trinajstić information content (AvgIpc) is 2.21. The van der Waals surface area contributed by atoms with Gasteiger partial charge in [-0.2, -0.15) is 5.26 Å². The average molecular weight is 195 g/mol. The van der Waals surface area contributed by atoms with Gasteiger partial charge in [0.1, 0.15) is 0 Å². The summed E-state index contributed by atoms with van der Waals surface area (Å²) in [6.45, 7) is 6.03. The van der Waals surface area contributed by atoms with E-state index in [4.69, 9.17) is 5.26 Å². The lowest BCUT2D eigenvalue weighted by atomic mass is 9.90. The van der Waals surface area contributed by atoms with Crippen molar-refractivity contribution in [1.29, 1.82) is 5.26 Å². The summed E-state index contributed by atoms with van der Waals surface area (Å²) < 4.78 is 0. The molecule has 0 N–H and O–H groups in total. The van der Waals surface area contributed by atoms with Crippen molar-refractivity contribution in [2.75, 3.05) is 0 Å². The predicted octanol–water partition coefficient (Wildman–Crippen LogP) is 4.68. The molecular weight excluding hydrogens is 170 g/mol. The molecule has 1 heteroatoms. The highest BCUT2D eigenvalue weighted by molar-refractivity contribution is 4.90. The van der Waals surface area contributed by atoms with Crippen LogP contribution in [-0.4, -0.2) is 0 Å².